The summed E-state index contributed by atoms with van der Waals surface area (Å²) in [5.41, 5.74) is 1.40. The van der Waals surface area contributed by atoms with E-state index in [1.165, 1.54) is 12.1 Å². The first-order valence-corrected chi connectivity index (χ1v) is 8.44. The molecule has 2 aromatic rings. The Morgan fingerprint density at radius 1 is 1.15 bits per heavy atom. The topological polar surface area (TPSA) is 75.6 Å². The van der Waals surface area contributed by atoms with Gasteiger partial charge >= 0.3 is 12.1 Å². The Bertz CT molecular complexity index is 734. The molecule has 0 heterocycles. The number of hydrogen-bond donors (Lipinski definition) is 2. The summed E-state index contributed by atoms with van der Waals surface area (Å²) in [7, 11) is 0. The van der Waals surface area contributed by atoms with Crippen molar-refractivity contribution in [3.8, 4) is 0 Å². The van der Waals surface area contributed by atoms with Gasteiger partial charge < -0.3 is 15.2 Å². The molecule has 26 heavy (non-hydrogen) atoms. The molecule has 5 nitrogen and oxygen atoms in total. The molecular weight excluding hydrogens is 361 g/mol. The molecule has 0 aromatic heterocycles. The van der Waals surface area contributed by atoms with Crippen LogP contribution in [0.4, 0.5) is 9.18 Å². The second-order valence-corrected chi connectivity index (χ2v) is 6.25. The van der Waals surface area contributed by atoms with Gasteiger partial charge in [0.1, 0.15) is 12.4 Å². The van der Waals surface area contributed by atoms with Gasteiger partial charge in [-0.3, -0.25) is 4.79 Å². The van der Waals surface area contributed by atoms with E-state index in [0.717, 1.165) is 5.56 Å². The van der Waals surface area contributed by atoms with E-state index in [4.69, 9.17) is 21.4 Å². The lowest BCUT2D eigenvalue weighted by molar-refractivity contribution is -0.137. The standard InChI is InChI=1S/C19H19ClFNO4/c20-15-8-14(9-16(21)11-15)10-17(6-7-18(23)24)22-19(25)26-12-13-4-2-1-3-5-13/h1-5,8-9,11,17H,6-7,10,12H2,(H,22,25)(H,23,24). The number of halogens is 2. The predicted molar refractivity (Wildman–Crippen MR) is 95.5 cm³/mol. The lowest BCUT2D eigenvalue weighted by atomic mass is 10.0. The lowest BCUT2D eigenvalue weighted by Gasteiger charge is -2.18. The maximum absolute atomic E-state index is 13.5. The fourth-order valence-corrected chi connectivity index (χ4v) is 2.71. The van der Waals surface area contributed by atoms with Crippen LogP contribution in [0.3, 0.4) is 0 Å². The van der Waals surface area contributed by atoms with Gasteiger partial charge in [0.15, 0.2) is 0 Å². The van der Waals surface area contributed by atoms with Crippen molar-refractivity contribution in [1.82, 2.24) is 5.32 Å². The maximum atomic E-state index is 13.5. The Labute approximate surface area is 155 Å². The van der Waals surface area contributed by atoms with Gasteiger partial charge in [-0.15, -0.1) is 0 Å². The highest BCUT2D eigenvalue weighted by atomic mass is 35.5. The van der Waals surface area contributed by atoms with Gasteiger partial charge in [0.2, 0.25) is 0 Å². The minimum absolute atomic E-state index is 0.101. The number of ether oxygens (including phenoxy) is 1. The van der Waals surface area contributed by atoms with Crippen molar-refractivity contribution in [2.75, 3.05) is 0 Å². The average molecular weight is 380 g/mol. The third-order valence-corrected chi connectivity index (χ3v) is 3.86. The molecular formula is C19H19ClFNO4. The van der Waals surface area contributed by atoms with Crippen molar-refractivity contribution in [2.24, 2.45) is 0 Å². The number of carboxylic acids is 1. The SMILES string of the molecule is O=C(O)CCC(Cc1cc(F)cc(Cl)c1)NC(=O)OCc1ccccc1. The summed E-state index contributed by atoms with van der Waals surface area (Å²) in [6, 6.07) is 12.7. The number of nitrogens with one attached hydrogen (secondary N) is 1. The van der Waals surface area contributed by atoms with Gasteiger partial charge in [-0.25, -0.2) is 9.18 Å². The molecule has 1 unspecified atom stereocenters. The summed E-state index contributed by atoms with van der Waals surface area (Å²) in [6.07, 6.45) is -0.367. The number of rotatable bonds is 8. The first kappa shape index (κ1) is 19.7. The van der Waals surface area contributed by atoms with Crippen LogP contribution in [0.25, 0.3) is 0 Å². The summed E-state index contributed by atoms with van der Waals surface area (Å²) >= 11 is 5.84. The Balaban J connectivity index is 1.96. The van der Waals surface area contributed by atoms with Crippen LogP contribution in [0, 0.1) is 5.82 Å². The van der Waals surface area contributed by atoms with E-state index in [-0.39, 0.29) is 30.9 Å². The third kappa shape index (κ3) is 7.11. The van der Waals surface area contributed by atoms with E-state index in [2.05, 4.69) is 5.32 Å². The number of hydrogen-bond acceptors (Lipinski definition) is 3. The molecule has 0 aliphatic carbocycles. The van der Waals surface area contributed by atoms with Crippen LogP contribution in [-0.4, -0.2) is 23.2 Å². The average Bonchev–Trinajstić information content (AvgIpc) is 2.58. The Kier molecular flexibility index (Phi) is 7.41. The number of carbonyl (C=O) groups excluding carboxylic acids is 1. The predicted octanol–water partition coefficient (Wildman–Crippen LogP) is 4.18. The Morgan fingerprint density at radius 3 is 2.54 bits per heavy atom. The first-order chi connectivity index (χ1) is 12.4. The fourth-order valence-electron chi connectivity index (χ4n) is 2.47. The fraction of sp³-hybridized carbons (Fsp3) is 0.263. The van der Waals surface area contributed by atoms with Crippen LogP contribution in [0.15, 0.2) is 48.5 Å². The zero-order valence-electron chi connectivity index (χ0n) is 14.0. The number of amides is 1. The van der Waals surface area contributed by atoms with Gasteiger partial charge in [-0.1, -0.05) is 41.9 Å². The van der Waals surface area contributed by atoms with Crippen molar-refractivity contribution in [2.45, 2.75) is 31.9 Å². The smallest absolute Gasteiger partial charge is 0.407 e. The van der Waals surface area contributed by atoms with E-state index >= 15 is 0 Å². The highest BCUT2D eigenvalue weighted by Gasteiger charge is 2.16. The number of alkyl carbamates (subject to hydrolysis) is 1. The molecule has 2 N–H and O–H groups in total. The van der Waals surface area contributed by atoms with Gasteiger partial charge in [0.05, 0.1) is 0 Å². The van der Waals surface area contributed by atoms with Crippen molar-refractivity contribution >= 4 is 23.7 Å². The monoisotopic (exact) mass is 379 g/mol. The highest BCUT2D eigenvalue weighted by molar-refractivity contribution is 6.30. The van der Waals surface area contributed by atoms with Crippen LogP contribution in [0.2, 0.25) is 5.02 Å². The minimum Gasteiger partial charge on any atom is -0.481 e. The second-order valence-electron chi connectivity index (χ2n) is 5.82. The van der Waals surface area contributed by atoms with Crippen LogP contribution >= 0.6 is 11.6 Å². The van der Waals surface area contributed by atoms with Crippen LogP contribution in [-0.2, 0) is 22.6 Å². The maximum Gasteiger partial charge on any atom is 0.407 e. The molecule has 138 valence electrons. The first-order valence-electron chi connectivity index (χ1n) is 8.06. The molecule has 0 aliphatic rings. The van der Waals surface area contributed by atoms with Crippen LogP contribution in [0.1, 0.15) is 24.0 Å². The van der Waals surface area contributed by atoms with E-state index in [0.29, 0.717) is 5.56 Å². The molecule has 7 heteroatoms. The number of carbonyl (C=O) groups is 2. The van der Waals surface area contributed by atoms with Crippen LogP contribution < -0.4 is 5.32 Å². The lowest BCUT2D eigenvalue weighted by Crippen LogP contribution is -2.37. The molecule has 2 rings (SSSR count). The van der Waals surface area contributed by atoms with E-state index in [9.17, 15) is 14.0 Å². The molecule has 0 fully saturated rings. The normalized spacial score (nSPS) is 11.6. The van der Waals surface area contributed by atoms with Crippen molar-refractivity contribution in [3.05, 3.63) is 70.5 Å². The highest BCUT2D eigenvalue weighted by Crippen LogP contribution is 2.17. The molecule has 0 aliphatic heterocycles. The summed E-state index contributed by atoms with van der Waals surface area (Å²) in [5.74, 6) is -1.47. The third-order valence-electron chi connectivity index (χ3n) is 3.65. The van der Waals surface area contributed by atoms with E-state index in [1.807, 2.05) is 30.3 Å². The minimum atomic E-state index is -0.980. The van der Waals surface area contributed by atoms with Crippen molar-refractivity contribution in [3.63, 3.8) is 0 Å². The summed E-state index contributed by atoms with van der Waals surface area (Å²) in [6.45, 7) is 0.101. The van der Waals surface area contributed by atoms with Gasteiger partial charge in [-0.05, 0) is 42.2 Å². The molecule has 0 radical (unpaired) electrons. The van der Waals surface area contributed by atoms with E-state index in [1.54, 1.807) is 6.07 Å². The molecule has 0 saturated heterocycles. The summed E-state index contributed by atoms with van der Waals surface area (Å²) < 4.78 is 18.6. The molecule has 0 saturated carbocycles. The zero-order chi connectivity index (χ0) is 18.9. The summed E-state index contributed by atoms with van der Waals surface area (Å²) in [5, 5.41) is 11.8. The zero-order valence-corrected chi connectivity index (χ0v) is 14.7. The largest absolute Gasteiger partial charge is 0.481 e. The van der Waals surface area contributed by atoms with Gasteiger partial charge in [0.25, 0.3) is 0 Å². The molecule has 1 atom stereocenters. The molecule has 2 aromatic carbocycles. The molecule has 0 spiro atoms. The van der Waals surface area contributed by atoms with Gasteiger partial charge in [-0.2, -0.15) is 0 Å². The Hall–Kier alpha value is -2.60. The van der Waals surface area contributed by atoms with Crippen molar-refractivity contribution < 1.29 is 23.8 Å². The summed E-state index contributed by atoms with van der Waals surface area (Å²) in [4.78, 5) is 22.9. The molecule has 0 bridgehead atoms. The number of benzene rings is 2. The number of aliphatic carboxylic acids is 1. The quantitative estimate of drug-likeness (QED) is 0.721. The van der Waals surface area contributed by atoms with Crippen LogP contribution in [0.5, 0.6) is 0 Å². The second kappa shape index (κ2) is 9.77. The Morgan fingerprint density at radius 2 is 1.88 bits per heavy atom. The van der Waals surface area contributed by atoms with Crippen molar-refractivity contribution in [1.29, 1.82) is 0 Å². The van der Waals surface area contributed by atoms with Gasteiger partial charge in [0, 0.05) is 17.5 Å². The molecule has 1 amide bonds. The number of carboxylic acid groups (broad SMARTS) is 1. The van der Waals surface area contributed by atoms with E-state index < -0.39 is 23.9 Å².